The second-order valence-corrected chi connectivity index (χ2v) is 10.7. The Hall–Kier alpha value is -5.35. The molecule has 4 aromatic rings. The molecule has 2 unspecified atom stereocenters. The molecular formula is C35H38N6O4. The Bertz CT molecular complexity index is 1470. The zero-order valence-corrected chi connectivity index (χ0v) is 24.9. The van der Waals surface area contributed by atoms with Gasteiger partial charge in [-0.25, -0.2) is 10.1 Å². The minimum absolute atomic E-state index is 0.0489. The highest BCUT2D eigenvalue weighted by atomic mass is 16.7. The summed E-state index contributed by atoms with van der Waals surface area (Å²) in [5, 5.41) is 18.9. The van der Waals surface area contributed by atoms with Gasteiger partial charge in [0.2, 0.25) is 11.8 Å². The van der Waals surface area contributed by atoms with Crippen LogP contribution in [0.1, 0.15) is 53.4 Å². The van der Waals surface area contributed by atoms with E-state index in [9.17, 15) is 19.7 Å². The summed E-state index contributed by atoms with van der Waals surface area (Å²) in [6.45, 7) is 0.345. The second kappa shape index (κ2) is 16.5. The lowest BCUT2D eigenvalue weighted by Crippen LogP contribution is -2.49. The maximum Gasteiger partial charge on any atom is 0.242 e. The first-order chi connectivity index (χ1) is 21.8. The predicted octanol–water partition coefficient (Wildman–Crippen LogP) is 4.30. The van der Waals surface area contributed by atoms with E-state index in [1.165, 1.54) is 0 Å². The van der Waals surface area contributed by atoms with Crippen molar-refractivity contribution in [2.75, 3.05) is 6.54 Å². The minimum atomic E-state index is -0.978. The van der Waals surface area contributed by atoms with E-state index >= 15 is 0 Å². The van der Waals surface area contributed by atoms with Gasteiger partial charge >= 0.3 is 0 Å². The van der Waals surface area contributed by atoms with Crippen molar-refractivity contribution in [3.05, 3.63) is 154 Å². The summed E-state index contributed by atoms with van der Waals surface area (Å²) in [7, 11) is 0. The SMILES string of the molecule is N/C(=N/[N+](=O)[O-])C(N)CCC(NC(=O)C(c1ccccc1)c1ccccc1)C(=O)NCCC(c1ccccc1)c1ccccc1. The van der Waals surface area contributed by atoms with Gasteiger partial charge in [-0.3, -0.25) is 9.59 Å². The van der Waals surface area contributed by atoms with Crippen molar-refractivity contribution in [2.45, 2.75) is 43.2 Å². The van der Waals surface area contributed by atoms with Gasteiger partial charge in [-0.1, -0.05) is 121 Å². The fraction of sp³-hybridized carbons (Fsp3) is 0.229. The Morgan fingerprint density at radius 1 is 0.689 bits per heavy atom. The lowest BCUT2D eigenvalue weighted by atomic mass is 9.88. The van der Waals surface area contributed by atoms with Crippen molar-refractivity contribution in [1.29, 1.82) is 0 Å². The highest BCUT2D eigenvalue weighted by molar-refractivity contribution is 5.92. The van der Waals surface area contributed by atoms with Crippen LogP contribution in [0.5, 0.6) is 0 Å². The van der Waals surface area contributed by atoms with Gasteiger partial charge in [0.05, 0.1) is 17.1 Å². The first-order valence-electron chi connectivity index (χ1n) is 14.8. The Morgan fingerprint density at radius 2 is 1.13 bits per heavy atom. The molecule has 2 amide bonds. The number of amidine groups is 1. The average molecular weight is 607 g/mol. The van der Waals surface area contributed by atoms with Crippen LogP contribution >= 0.6 is 0 Å². The Labute approximate surface area is 262 Å². The molecule has 0 spiro atoms. The van der Waals surface area contributed by atoms with Gasteiger partial charge in [0.1, 0.15) is 6.04 Å². The number of nitrogens with one attached hydrogen (secondary N) is 2. The summed E-state index contributed by atoms with van der Waals surface area (Å²) in [5.74, 6) is -1.73. The number of hydrogen-bond acceptors (Lipinski definition) is 5. The molecule has 10 nitrogen and oxygen atoms in total. The van der Waals surface area contributed by atoms with E-state index in [1.54, 1.807) is 0 Å². The summed E-state index contributed by atoms with van der Waals surface area (Å²) >= 11 is 0. The number of rotatable bonds is 15. The molecule has 4 rings (SSSR count). The molecule has 4 aromatic carbocycles. The maximum atomic E-state index is 13.9. The van der Waals surface area contributed by atoms with Crippen molar-refractivity contribution in [3.63, 3.8) is 0 Å². The molecule has 10 heteroatoms. The van der Waals surface area contributed by atoms with Crippen LogP contribution in [0.15, 0.2) is 126 Å². The molecule has 232 valence electrons. The van der Waals surface area contributed by atoms with E-state index < -0.39 is 23.0 Å². The quantitative estimate of drug-likeness (QED) is 0.0682. The van der Waals surface area contributed by atoms with Crippen LogP contribution in [0.4, 0.5) is 0 Å². The highest BCUT2D eigenvalue weighted by Gasteiger charge is 2.29. The molecule has 0 heterocycles. The number of amides is 2. The van der Waals surface area contributed by atoms with Gasteiger partial charge in [-0.2, -0.15) is 0 Å². The standard InChI is InChI=1S/C35H38N6O4/c36-30(33(37)40-41(44)45)21-22-31(39-35(43)32(27-17-9-3-10-18-27)28-19-11-4-12-20-28)34(42)38-24-23-29(25-13-5-1-6-14-25)26-15-7-2-8-16-26/h1-20,29-32H,21-24,36H2,(H2,37,40)(H,38,42)(H,39,43). The molecule has 45 heavy (non-hydrogen) atoms. The molecule has 6 N–H and O–H groups in total. The Kier molecular flexibility index (Phi) is 11.9. The number of nitrogens with zero attached hydrogens (tertiary/aromatic N) is 2. The summed E-state index contributed by atoms with van der Waals surface area (Å²) < 4.78 is 0. The van der Waals surface area contributed by atoms with Crippen LogP contribution in [0.2, 0.25) is 0 Å². The molecule has 0 aliphatic rings. The number of benzene rings is 4. The molecule has 2 atom stereocenters. The molecular weight excluding hydrogens is 568 g/mol. The van der Waals surface area contributed by atoms with E-state index in [2.05, 4.69) is 40.0 Å². The smallest absolute Gasteiger partial charge is 0.242 e. The number of hydrogen-bond donors (Lipinski definition) is 4. The van der Waals surface area contributed by atoms with Gasteiger partial charge in [0.15, 0.2) is 10.9 Å². The van der Waals surface area contributed by atoms with Crippen LogP contribution < -0.4 is 22.1 Å². The molecule has 0 saturated heterocycles. The molecule has 0 aromatic heterocycles. The molecule has 0 aliphatic carbocycles. The average Bonchev–Trinajstić information content (AvgIpc) is 3.06. The first kappa shape index (κ1) is 32.6. The molecule has 0 aliphatic heterocycles. The third-order valence-corrected chi connectivity index (χ3v) is 7.64. The summed E-state index contributed by atoms with van der Waals surface area (Å²) in [6, 6.07) is 36.8. The van der Waals surface area contributed by atoms with Crippen LogP contribution in [-0.4, -0.2) is 41.3 Å². The summed E-state index contributed by atoms with van der Waals surface area (Å²) in [5.41, 5.74) is 15.6. The number of nitrogens with two attached hydrogens (primary N) is 2. The normalized spacial score (nSPS) is 12.8. The lowest BCUT2D eigenvalue weighted by Gasteiger charge is -2.24. The van der Waals surface area contributed by atoms with Gasteiger partial charge in [0.25, 0.3) is 0 Å². The maximum absolute atomic E-state index is 13.9. The van der Waals surface area contributed by atoms with Crippen LogP contribution in [0.25, 0.3) is 0 Å². The van der Waals surface area contributed by atoms with Crippen molar-refractivity contribution in [3.8, 4) is 0 Å². The largest absolute Gasteiger partial charge is 0.381 e. The van der Waals surface area contributed by atoms with Crippen LogP contribution in [0, 0.1) is 10.1 Å². The van der Waals surface area contributed by atoms with Gasteiger partial charge < -0.3 is 22.1 Å². The number of carbonyl (C=O) groups is 2. The van der Waals surface area contributed by atoms with Crippen molar-refractivity contribution >= 4 is 17.6 Å². The van der Waals surface area contributed by atoms with Crippen molar-refractivity contribution < 1.29 is 14.6 Å². The van der Waals surface area contributed by atoms with E-state index in [4.69, 9.17) is 11.5 Å². The van der Waals surface area contributed by atoms with E-state index in [1.807, 2.05) is 97.1 Å². The molecule has 0 bridgehead atoms. The van der Waals surface area contributed by atoms with Crippen LogP contribution in [0.3, 0.4) is 0 Å². The fourth-order valence-corrected chi connectivity index (χ4v) is 5.33. The molecule has 0 saturated carbocycles. The third-order valence-electron chi connectivity index (χ3n) is 7.64. The molecule has 0 fully saturated rings. The first-order valence-corrected chi connectivity index (χ1v) is 14.8. The zero-order valence-electron chi connectivity index (χ0n) is 24.9. The number of nitro groups is 1. The van der Waals surface area contributed by atoms with Gasteiger partial charge in [-0.15, -0.1) is 0 Å². The summed E-state index contributed by atoms with van der Waals surface area (Å²) in [4.78, 5) is 38.3. The fourth-order valence-electron chi connectivity index (χ4n) is 5.33. The second-order valence-electron chi connectivity index (χ2n) is 10.7. The minimum Gasteiger partial charge on any atom is -0.381 e. The van der Waals surface area contributed by atoms with E-state index in [0.717, 1.165) is 22.3 Å². The van der Waals surface area contributed by atoms with Crippen LogP contribution in [-0.2, 0) is 9.59 Å². The van der Waals surface area contributed by atoms with Crippen molar-refractivity contribution in [1.82, 2.24) is 10.6 Å². The topological polar surface area (TPSA) is 166 Å². The summed E-state index contributed by atoms with van der Waals surface area (Å²) in [6.07, 6.45) is 0.794. The number of carbonyl (C=O) groups excluding carboxylic acids is 2. The Balaban J connectivity index is 1.53. The third kappa shape index (κ3) is 9.57. The van der Waals surface area contributed by atoms with Gasteiger partial charge in [-0.05, 0) is 41.5 Å². The zero-order chi connectivity index (χ0) is 32.0. The predicted molar refractivity (Wildman–Crippen MR) is 175 cm³/mol. The van der Waals surface area contributed by atoms with E-state index in [-0.39, 0.29) is 36.4 Å². The van der Waals surface area contributed by atoms with E-state index in [0.29, 0.717) is 13.0 Å². The van der Waals surface area contributed by atoms with Crippen molar-refractivity contribution in [2.24, 2.45) is 16.6 Å². The Morgan fingerprint density at radius 3 is 1.58 bits per heavy atom. The van der Waals surface area contributed by atoms with Gasteiger partial charge in [0, 0.05) is 12.5 Å². The monoisotopic (exact) mass is 606 g/mol. The number of hydrazone groups is 1. The highest BCUT2D eigenvalue weighted by Crippen LogP contribution is 2.28. The molecule has 0 radical (unpaired) electrons. The lowest BCUT2D eigenvalue weighted by molar-refractivity contribution is -0.485.